The molecular weight excluding hydrogens is 216 g/mol. The van der Waals surface area contributed by atoms with Gasteiger partial charge in [-0.1, -0.05) is 0 Å². The Balaban J connectivity index is 2.96. The minimum absolute atomic E-state index is 0.0401. The molecule has 7 heteroatoms. The molecule has 0 unspecified atom stereocenters. The molecule has 76 valence electrons. The van der Waals surface area contributed by atoms with Gasteiger partial charge >= 0.3 is 0 Å². The van der Waals surface area contributed by atoms with Crippen LogP contribution in [0.4, 0.5) is 0 Å². The summed E-state index contributed by atoms with van der Waals surface area (Å²) >= 11 is 0. The van der Waals surface area contributed by atoms with E-state index in [1.54, 1.807) is 0 Å². The third-order valence-electron chi connectivity index (χ3n) is 1.65. The van der Waals surface area contributed by atoms with E-state index >= 15 is 0 Å². The van der Waals surface area contributed by atoms with Gasteiger partial charge in [0.25, 0.3) is 0 Å². The minimum atomic E-state index is -3.74. The van der Waals surface area contributed by atoms with Crippen molar-refractivity contribution >= 4 is 25.5 Å². The van der Waals surface area contributed by atoms with Gasteiger partial charge in [0.2, 0.25) is 0 Å². The zero-order valence-corrected chi connectivity index (χ0v) is 8.53. The van der Waals surface area contributed by atoms with Crippen LogP contribution in [0.5, 0.6) is 0 Å². The van der Waals surface area contributed by atoms with Crippen LogP contribution < -0.4 is 0 Å². The quantitative estimate of drug-likeness (QED) is 0.536. The highest BCUT2D eigenvalue weighted by atomic mass is 32.3. The normalized spacial score (nSPS) is 27.5. The molecule has 1 fully saturated rings. The van der Waals surface area contributed by atoms with E-state index in [1.807, 2.05) is 0 Å². The van der Waals surface area contributed by atoms with Gasteiger partial charge in [0.05, 0.1) is 5.75 Å². The summed E-state index contributed by atoms with van der Waals surface area (Å²) in [5, 5.41) is -0.883. The number of ketones is 1. The van der Waals surface area contributed by atoms with Crippen molar-refractivity contribution in [3.05, 3.63) is 0 Å². The molecular formula is C6H10O5S2. The number of hydrogen-bond acceptors (Lipinski definition) is 5. The minimum Gasteiger partial charge on any atom is -0.299 e. The molecule has 0 spiro atoms. The Morgan fingerprint density at radius 1 is 1.00 bits per heavy atom. The Kier molecular flexibility index (Phi) is 2.76. The second kappa shape index (κ2) is 3.38. The Hall–Kier alpha value is -0.430. The van der Waals surface area contributed by atoms with Crippen molar-refractivity contribution in [1.29, 1.82) is 0 Å². The summed E-state index contributed by atoms with van der Waals surface area (Å²) in [6.45, 7) is 0. The van der Waals surface area contributed by atoms with E-state index in [4.69, 9.17) is 0 Å². The maximum Gasteiger partial charge on any atom is 0.171 e. The first-order valence-corrected chi connectivity index (χ1v) is 7.38. The standard InChI is InChI=1S/C6H10O5S2/c7-6-2-1-3-12(8,9)5-13(10,11)4-6/h1-5H2. The third kappa shape index (κ3) is 3.43. The summed E-state index contributed by atoms with van der Waals surface area (Å²) < 4.78 is 44.2. The number of hydrogen-bond donors (Lipinski definition) is 0. The lowest BCUT2D eigenvalue weighted by molar-refractivity contribution is -0.116. The van der Waals surface area contributed by atoms with Crippen LogP contribution in [0.15, 0.2) is 0 Å². The van der Waals surface area contributed by atoms with Crippen LogP contribution in [0.1, 0.15) is 12.8 Å². The SMILES string of the molecule is O=C1CCCS(=O)(=O)CS(=O)(=O)C1. The molecule has 13 heavy (non-hydrogen) atoms. The molecule has 1 rings (SSSR count). The first-order valence-electron chi connectivity index (χ1n) is 3.73. The number of carbonyl (C=O) groups excluding carboxylic acids is 1. The van der Waals surface area contributed by atoms with Crippen molar-refractivity contribution < 1.29 is 21.6 Å². The summed E-state index contributed by atoms with van der Waals surface area (Å²) in [6, 6.07) is 0. The molecule has 5 nitrogen and oxygen atoms in total. The Morgan fingerprint density at radius 2 is 1.62 bits per heavy atom. The molecule has 1 aliphatic rings. The van der Waals surface area contributed by atoms with Crippen molar-refractivity contribution in [2.75, 3.05) is 16.6 Å². The van der Waals surface area contributed by atoms with Gasteiger partial charge in [-0.15, -0.1) is 0 Å². The molecule has 1 saturated heterocycles. The molecule has 1 heterocycles. The van der Waals surface area contributed by atoms with Crippen molar-refractivity contribution in [3.63, 3.8) is 0 Å². The lowest BCUT2D eigenvalue weighted by Gasteiger charge is -2.09. The lowest BCUT2D eigenvalue weighted by Crippen LogP contribution is -2.28. The summed E-state index contributed by atoms with van der Waals surface area (Å²) in [6.07, 6.45) is 0.273. The van der Waals surface area contributed by atoms with Crippen LogP contribution in [0, 0.1) is 0 Å². The van der Waals surface area contributed by atoms with Gasteiger partial charge in [-0.25, -0.2) is 16.8 Å². The van der Waals surface area contributed by atoms with Gasteiger partial charge in [-0.2, -0.15) is 0 Å². The predicted molar refractivity (Wildman–Crippen MR) is 46.7 cm³/mol. The number of Topliss-reactive ketones (excluding diaryl/α,β-unsaturated/α-hetero) is 1. The maximum atomic E-state index is 11.1. The Morgan fingerprint density at radius 3 is 2.23 bits per heavy atom. The number of carbonyl (C=O) groups is 1. The van der Waals surface area contributed by atoms with Crippen LogP contribution >= 0.6 is 0 Å². The molecule has 0 aromatic carbocycles. The summed E-state index contributed by atoms with van der Waals surface area (Å²) in [7, 11) is -7.25. The monoisotopic (exact) mass is 226 g/mol. The topological polar surface area (TPSA) is 85.3 Å². The molecule has 0 radical (unpaired) electrons. The zero-order chi connectivity index (χ0) is 10.1. The Bertz CT molecular complexity index is 402. The molecule has 0 aromatic rings. The van der Waals surface area contributed by atoms with Gasteiger partial charge in [-0.3, -0.25) is 4.79 Å². The summed E-state index contributed by atoms with van der Waals surface area (Å²) in [5.74, 6) is -1.24. The van der Waals surface area contributed by atoms with Crippen molar-refractivity contribution in [2.24, 2.45) is 0 Å². The van der Waals surface area contributed by atoms with Crippen LogP contribution in [0.2, 0.25) is 0 Å². The average molecular weight is 226 g/mol. The van der Waals surface area contributed by atoms with Gasteiger partial charge in [0, 0.05) is 6.42 Å². The van der Waals surface area contributed by atoms with Crippen molar-refractivity contribution in [3.8, 4) is 0 Å². The molecule has 0 bridgehead atoms. The van der Waals surface area contributed by atoms with Gasteiger partial charge in [-0.05, 0) is 6.42 Å². The predicted octanol–water partition coefficient (Wildman–Crippen LogP) is -0.864. The lowest BCUT2D eigenvalue weighted by atomic mass is 10.2. The average Bonchev–Trinajstić information content (AvgIpc) is 1.78. The largest absolute Gasteiger partial charge is 0.299 e. The van der Waals surface area contributed by atoms with Crippen LogP contribution in [0.25, 0.3) is 0 Å². The molecule has 0 aromatic heterocycles. The van der Waals surface area contributed by atoms with E-state index in [0.29, 0.717) is 0 Å². The van der Waals surface area contributed by atoms with Gasteiger partial charge < -0.3 is 0 Å². The fraction of sp³-hybridized carbons (Fsp3) is 0.833. The molecule has 1 aliphatic heterocycles. The first-order chi connectivity index (χ1) is 5.81. The van der Waals surface area contributed by atoms with Gasteiger partial charge in [0.1, 0.15) is 11.5 Å². The van der Waals surface area contributed by atoms with Gasteiger partial charge in [0.15, 0.2) is 24.8 Å². The fourth-order valence-corrected chi connectivity index (χ4v) is 5.39. The number of rotatable bonds is 0. The summed E-state index contributed by atoms with van der Waals surface area (Å²) in [5.41, 5.74) is 0. The second-order valence-corrected chi connectivity index (χ2v) is 7.71. The van der Waals surface area contributed by atoms with Crippen LogP contribution in [-0.2, 0) is 24.5 Å². The molecule has 0 atom stereocenters. The van der Waals surface area contributed by atoms with E-state index in [0.717, 1.165) is 0 Å². The first kappa shape index (κ1) is 10.6. The maximum absolute atomic E-state index is 11.1. The molecule has 0 saturated carbocycles. The van der Waals surface area contributed by atoms with E-state index in [1.165, 1.54) is 0 Å². The third-order valence-corrected chi connectivity index (χ3v) is 6.20. The number of sulfone groups is 2. The molecule has 0 aliphatic carbocycles. The second-order valence-electron chi connectivity index (χ2n) is 3.10. The Labute approximate surface area is 77.0 Å². The van der Waals surface area contributed by atoms with E-state index in [-0.39, 0.29) is 18.6 Å². The van der Waals surface area contributed by atoms with E-state index in [9.17, 15) is 21.6 Å². The summed E-state index contributed by atoms with van der Waals surface area (Å²) in [4.78, 5) is 10.9. The van der Waals surface area contributed by atoms with Crippen LogP contribution in [-0.4, -0.2) is 39.2 Å². The zero-order valence-electron chi connectivity index (χ0n) is 6.89. The van der Waals surface area contributed by atoms with Crippen molar-refractivity contribution in [2.45, 2.75) is 12.8 Å². The smallest absolute Gasteiger partial charge is 0.171 e. The highest BCUT2D eigenvalue weighted by molar-refractivity contribution is 8.08. The molecule has 0 N–H and O–H groups in total. The van der Waals surface area contributed by atoms with E-state index in [2.05, 4.69) is 0 Å². The van der Waals surface area contributed by atoms with Crippen LogP contribution in [0.3, 0.4) is 0 Å². The van der Waals surface area contributed by atoms with E-state index < -0.39 is 36.3 Å². The highest BCUT2D eigenvalue weighted by Gasteiger charge is 2.27. The molecule has 0 amide bonds. The van der Waals surface area contributed by atoms with Crippen molar-refractivity contribution in [1.82, 2.24) is 0 Å². The fourth-order valence-electron chi connectivity index (χ4n) is 1.18. The highest BCUT2D eigenvalue weighted by Crippen LogP contribution is 2.08.